The third-order valence-electron chi connectivity index (χ3n) is 0.952. The van der Waals surface area contributed by atoms with Gasteiger partial charge in [-0.05, 0) is 6.92 Å². The largest absolute Gasteiger partial charge is 0.398 e. The topological polar surface area (TPSA) is 38.0 Å². The van der Waals surface area contributed by atoms with Crippen LogP contribution in [0.2, 0.25) is 0 Å². The lowest BCUT2D eigenvalue weighted by molar-refractivity contribution is 0.913. The zero-order valence-electron chi connectivity index (χ0n) is 8.15. The fourth-order valence-electron chi connectivity index (χ4n) is 0.431. The van der Waals surface area contributed by atoms with Crippen molar-refractivity contribution in [3.05, 3.63) is 24.0 Å². The summed E-state index contributed by atoms with van der Waals surface area (Å²) in [6, 6.07) is 0. The van der Waals surface area contributed by atoms with E-state index in [-0.39, 0.29) is 0 Å². The molecule has 0 aromatic heterocycles. The van der Waals surface area contributed by atoms with Crippen LogP contribution in [0.15, 0.2) is 24.0 Å². The van der Waals surface area contributed by atoms with Crippen molar-refractivity contribution in [1.29, 1.82) is 0 Å². The van der Waals surface area contributed by atoms with E-state index in [2.05, 4.69) is 17.8 Å². The van der Waals surface area contributed by atoms with E-state index in [1.165, 1.54) is 0 Å². The summed E-state index contributed by atoms with van der Waals surface area (Å²) in [5, 5.41) is 2.94. The van der Waals surface area contributed by atoms with Crippen LogP contribution in [-0.4, -0.2) is 6.54 Å². The molecule has 0 spiro atoms. The third-order valence-corrected chi connectivity index (χ3v) is 0.952. The van der Waals surface area contributed by atoms with E-state index in [1.54, 1.807) is 6.20 Å². The van der Waals surface area contributed by atoms with Gasteiger partial charge in [0.15, 0.2) is 0 Å². The van der Waals surface area contributed by atoms with Gasteiger partial charge in [-0.2, -0.15) is 0 Å². The van der Waals surface area contributed by atoms with Gasteiger partial charge < -0.3 is 11.1 Å². The van der Waals surface area contributed by atoms with Crippen LogP contribution >= 0.6 is 0 Å². The highest BCUT2D eigenvalue weighted by Crippen LogP contribution is 1.95. The fourth-order valence-corrected chi connectivity index (χ4v) is 0.431. The van der Waals surface area contributed by atoms with Gasteiger partial charge in [0.05, 0.1) is 5.57 Å². The van der Waals surface area contributed by atoms with Gasteiger partial charge in [-0.15, -0.1) is 6.42 Å². The summed E-state index contributed by atoms with van der Waals surface area (Å²) in [7, 11) is 0. The number of rotatable bonds is 3. The minimum atomic E-state index is 0.420. The molecule has 0 aliphatic rings. The summed E-state index contributed by atoms with van der Waals surface area (Å²) in [5.41, 5.74) is 6.38. The lowest BCUT2D eigenvalue weighted by atomic mass is 10.2. The van der Waals surface area contributed by atoms with E-state index >= 15 is 0 Å². The van der Waals surface area contributed by atoms with Crippen molar-refractivity contribution in [2.45, 2.75) is 20.8 Å². The monoisotopic (exact) mass is 166 g/mol. The predicted molar refractivity (Wildman–Crippen MR) is 55.3 cm³/mol. The first-order chi connectivity index (χ1) is 5.72. The van der Waals surface area contributed by atoms with Gasteiger partial charge >= 0.3 is 0 Å². The van der Waals surface area contributed by atoms with Crippen molar-refractivity contribution in [2.75, 3.05) is 6.54 Å². The summed E-state index contributed by atoms with van der Waals surface area (Å²) < 4.78 is 0. The molecule has 0 heterocycles. The summed E-state index contributed by atoms with van der Waals surface area (Å²) >= 11 is 0. The molecule has 0 rings (SSSR count). The maximum Gasteiger partial charge on any atom is 0.0622 e. The second kappa shape index (κ2) is 9.64. The quantitative estimate of drug-likeness (QED) is 0.494. The number of nitrogens with one attached hydrogen (secondary N) is 1. The molecule has 0 aromatic rings. The molecule has 3 N–H and O–H groups in total. The Kier molecular flexibility index (Phi) is 10.6. The van der Waals surface area contributed by atoms with E-state index in [4.69, 9.17) is 12.2 Å². The van der Waals surface area contributed by atoms with Crippen LogP contribution in [-0.2, 0) is 0 Å². The Morgan fingerprint density at radius 3 is 2.42 bits per heavy atom. The highest BCUT2D eigenvalue weighted by atomic mass is 14.8. The van der Waals surface area contributed by atoms with Crippen molar-refractivity contribution >= 4 is 0 Å². The molecule has 0 aliphatic heterocycles. The Balaban J connectivity index is 0. The van der Waals surface area contributed by atoms with Crippen LogP contribution in [0.3, 0.4) is 0 Å². The van der Waals surface area contributed by atoms with Gasteiger partial charge in [0.25, 0.3) is 0 Å². The molecule has 12 heavy (non-hydrogen) atoms. The van der Waals surface area contributed by atoms with Crippen LogP contribution < -0.4 is 11.1 Å². The van der Waals surface area contributed by atoms with Gasteiger partial charge in [-0.3, -0.25) is 0 Å². The molecular formula is C10H18N2. The van der Waals surface area contributed by atoms with Crippen LogP contribution in [0, 0.1) is 12.3 Å². The van der Waals surface area contributed by atoms with Crippen molar-refractivity contribution in [3.8, 4) is 12.3 Å². The first-order valence-electron chi connectivity index (χ1n) is 4.07. The second-order valence-corrected chi connectivity index (χ2v) is 1.79. The molecule has 0 aliphatic carbocycles. The van der Waals surface area contributed by atoms with E-state index in [0.717, 1.165) is 6.54 Å². The van der Waals surface area contributed by atoms with Crippen LogP contribution in [0.25, 0.3) is 0 Å². The molecule has 0 aromatic carbocycles. The molecule has 0 unspecified atom stereocenters. The standard InChI is InChI=1S/C8H12N2.C2H6/c1-4-8(7(3)9)6-10-5-2;1-2/h1,6,10H,3,5,9H2,2H3;1-2H3/b8-6-;. The third kappa shape index (κ3) is 6.76. The van der Waals surface area contributed by atoms with Gasteiger partial charge in [-0.1, -0.05) is 26.3 Å². The smallest absolute Gasteiger partial charge is 0.0622 e. The Labute approximate surface area is 75.5 Å². The molecule has 0 saturated heterocycles. The van der Waals surface area contributed by atoms with Gasteiger partial charge in [0.1, 0.15) is 0 Å². The first kappa shape index (κ1) is 13.2. The van der Waals surface area contributed by atoms with E-state index in [1.807, 2.05) is 20.8 Å². The summed E-state index contributed by atoms with van der Waals surface area (Å²) in [6.07, 6.45) is 6.80. The average Bonchev–Trinajstić information content (AvgIpc) is 2.09. The zero-order chi connectivity index (χ0) is 9.98. The predicted octanol–water partition coefficient (Wildman–Crippen LogP) is 1.61. The van der Waals surface area contributed by atoms with Crippen LogP contribution in [0.5, 0.6) is 0 Å². The van der Waals surface area contributed by atoms with Crippen molar-refractivity contribution < 1.29 is 0 Å². The van der Waals surface area contributed by atoms with Gasteiger partial charge in [-0.25, -0.2) is 0 Å². The Morgan fingerprint density at radius 2 is 2.17 bits per heavy atom. The minimum Gasteiger partial charge on any atom is -0.398 e. The minimum absolute atomic E-state index is 0.420. The van der Waals surface area contributed by atoms with Crippen molar-refractivity contribution in [2.24, 2.45) is 5.73 Å². The highest BCUT2D eigenvalue weighted by molar-refractivity contribution is 5.40. The lowest BCUT2D eigenvalue weighted by Crippen LogP contribution is -2.07. The Hall–Kier alpha value is -1.36. The highest BCUT2D eigenvalue weighted by Gasteiger charge is 1.90. The second-order valence-electron chi connectivity index (χ2n) is 1.79. The van der Waals surface area contributed by atoms with E-state index in [0.29, 0.717) is 11.3 Å². The molecule has 2 nitrogen and oxygen atoms in total. The van der Waals surface area contributed by atoms with E-state index < -0.39 is 0 Å². The Bertz CT molecular complexity index is 185. The molecule has 0 saturated carbocycles. The van der Waals surface area contributed by atoms with Crippen LogP contribution in [0.4, 0.5) is 0 Å². The molecule has 0 radical (unpaired) electrons. The maximum atomic E-state index is 5.34. The van der Waals surface area contributed by atoms with Gasteiger partial charge in [0, 0.05) is 18.4 Å². The normalized spacial score (nSPS) is 9.00. The van der Waals surface area contributed by atoms with Crippen LogP contribution in [0.1, 0.15) is 20.8 Å². The van der Waals surface area contributed by atoms with Gasteiger partial charge in [0.2, 0.25) is 0 Å². The van der Waals surface area contributed by atoms with Crippen molar-refractivity contribution in [1.82, 2.24) is 5.32 Å². The zero-order valence-corrected chi connectivity index (χ0v) is 8.15. The average molecular weight is 166 g/mol. The number of terminal acetylenes is 1. The van der Waals surface area contributed by atoms with Crippen molar-refractivity contribution in [3.63, 3.8) is 0 Å². The molecular weight excluding hydrogens is 148 g/mol. The number of allylic oxidation sites excluding steroid dienone is 1. The fraction of sp³-hybridized carbons (Fsp3) is 0.400. The summed E-state index contributed by atoms with van der Waals surface area (Å²) in [5.74, 6) is 2.41. The molecule has 0 amide bonds. The molecule has 0 bridgehead atoms. The van der Waals surface area contributed by atoms with E-state index in [9.17, 15) is 0 Å². The SMILES string of the molecule is C#C/C(=C/NCC)C(=C)N.CC. The summed E-state index contributed by atoms with van der Waals surface area (Å²) in [4.78, 5) is 0. The molecule has 68 valence electrons. The lowest BCUT2D eigenvalue weighted by Gasteiger charge is -1.97. The number of nitrogens with two attached hydrogens (primary N) is 1. The molecule has 0 atom stereocenters. The number of hydrogen-bond donors (Lipinski definition) is 2. The number of hydrogen-bond acceptors (Lipinski definition) is 2. The molecule has 2 heteroatoms. The maximum absolute atomic E-state index is 5.34. The summed E-state index contributed by atoms with van der Waals surface area (Å²) in [6.45, 7) is 10.3. The first-order valence-corrected chi connectivity index (χ1v) is 4.07. The molecule has 0 fully saturated rings. The Morgan fingerprint density at radius 1 is 1.67 bits per heavy atom.